The standard InChI is InChI=1S/C19H23ClN4O/c1-23(7-2-10-25)16-5-8-24(9-6-16)19-11-14(13-21)17-12-15(20)3-4-18(17)22-19/h3-4,11-12,16,25H,2,5-10H2,1H3. The van der Waals surface area contributed by atoms with Gasteiger partial charge in [-0.15, -0.1) is 0 Å². The monoisotopic (exact) mass is 358 g/mol. The van der Waals surface area contributed by atoms with Gasteiger partial charge in [0, 0.05) is 42.7 Å². The Kier molecular flexibility index (Phi) is 5.74. The van der Waals surface area contributed by atoms with E-state index in [1.165, 1.54) is 0 Å². The number of nitrogens with zero attached hydrogens (tertiary/aromatic N) is 4. The number of aliphatic hydroxyl groups excluding tert-OH is 1. The Morgan fingerprint density at radius 1 is 1.36 bits per heavy atom. The lowest BCUT2D eigenvalue weighted by Gasteiger charge is -2.37. The second-order valence-corrected chi connectivity index (χ2v) is 7.01. The summed E-state index contributed by atoms with van der Waals surface area (Å²) in [6.45, 7) is 3.01. The third-order valence-electron chi connectivity index (χ3n) is 4.96. The molecular formula is C19H23ClN4O. The third kappa shape index (κ3) is 4.04. The fourth-order valence-corrected chi connectivity index (χ4v) is 3.65. The summed E-state index contributed by atoms with van der Waals surface area (Å²) in [7, 11) is 2.13. The Morgan fingerprint density at radius 3 is 2.80 bits per heavy atom. The minimum absolute atomic E-state index is 0.241. The maximum atomic E-state index is 9.48. The molecule has 1 N–H and O–H groups in total. The average molecular weight is 359 g/mol. The fraction of sp³-hybridized carbons (Fsp3) is 0.474. The molecule has 5 nitrogen and oxygen atoms in total. The van der Waals surface area contributed by atoms with Crippen LogP contribution in [0, 0.1) is 11.3 Å². The summed E-state index contributed by atoms with van der Waals surface area (Å²) in [5, 5.41) is 19.9. The Hall–Kier alpha value is -1.87. The predicted molar refractivity (Wildman–Crippen MR) is 101 cm³/mol. The number of nitriles is 1. The molecule has 0 radical (unpaired) electrons. The number of aromatic nitrogens is 1. The zero-order valence-electron chi connectivity index (χ0n) is 14.5. The van der Waals surface area contributed by atoms with E-state index < -0.39 is 0 Å². The van der Waals surface area contributed by atoms with Crippen LogP contribution in [0.4, 0.5) is 5.82 Å². The quantitative estimate of drug-likeness (QED) is 0.890. The van der Waals surface area contributed by atoms with Gasteiger partial charge in [-0.05, 0) is 50.6 Å². The highest BCUT2D eigenvalue weighted by Gasteiger charge is 2.23. The third-order valence-corrected chi connectivity index (χ3v) is 5.19. The molecule has 132 valence electrons. The van der Waals surface area contributed by atoms with Gasteiger partial charge in [-0.1, -0.05) is 11.6 Å². The minimum Gasteiger partial charge on any atom is -0.396 e. The minimum atomic E-state index is 0.241. The number of anilines is 1. The Labute approximate surface area is 153 Å². The van der Waals surface area contributed by atoms with Crippen LogP contribution in [0.3, 0.4) is 0 Å². The summed E-state index contributed by atoms with van der Waals surface area (Å²) in [5.74, 6) is 0.864. The molecule has 0 aliphatic carbocycles. The van der Waals surface area contributed by atoms with Crippen LogP contribution in [-0.2, 0) is 0 Å². The molecule has 1 saturated heterocycles. The van der Waals surface area contributed by atoms with Crippen LogP contribution in [0.1, 0.15) is 24.8 Å². The zero-order chi connectivity index (χ0) is 17.8. The predicted octanol–water partition coefficient (Wildman–Crippen LogP) is 3.04. The number of pyridine rings is 1. The number of halogens is 1. The maximum Gasteiger partial charge on any atom is 0.130 e. The molecule has 3 rings (SSSR count). The van der Waals surface area contributed by atoms with Crippen molar-refractivity contribution < 1.29 is 5.11 Å². The van der Waals surface area contributed by atoms with Crippen LogP contribution < -0.4 is 4.90 Å². The zero-order valence-corrected chi connectivity index (χ0v) is 15.2. The van der Waals surface area contributed by atoms with Crippen LogP contribution in [0.25, 0.3) is 10.9 Å². The molecule has 0 bridgehead atoms. The van der Waals surface area contributed by atoms with Crippen molar-refractivity contribution >= 4 is 28.3 Å². The molecule has 1 aliphatic heterocycles. The number of hydrogen-bond donors (Lipinski definition) is 1. The lowest BCUT2D eigenvalue weighted by molar-refractivity contribution is 0.184. The molecule has 25 heavy (non-hydrogen) atoms. The van der Waals surface area contributed by atoms with E-state index in [0.717, 1.165) is 55.6 Å². The van der Waals surface area contributed by atoms with Gasteiger partial charge < -0.3 is 14.9 Å². The van der Waals surface area contributed by atoms with Crippen LogP contribution in [0.15, 0.2) is 24.3 Å². The van der Waals surface area contributed by atoms with Crippen LogP contribution in [0.5, 0.6) is 0 Å². The number of aliphatic hydroxyl groups is 1. The van der Waals surface area contributed by atoms with Crippen molar-refractivity contribution in [3.05, 3.63) is 34.9 Å². The number of benzene rings is 1. The summed E-state index contributed by atoms with van der Waals surface area (Å²) < 4.78 is 0. The molecule has 6 heteroatoms. The maximum absolute atomic E-state index is 9.48. The number of fused-ring (bicyclic) bond motifs is 1. The molecule has 0 saturated carbocycles. The fourth-order valence-electron chi connectivity index (χ4n) is 3.48. The first kappa shape index (κ1) is 17.9. The molecular weight excluding hydrogens is 336 g/mol. The molecule has 2 heterocycles. The van der Waals surface area contributed by atoms with Gasteiger partial charge in [-0.3, -0.25) is 0 Å². The highest BCUT2D eigenvalue weighted by atomic mass is 35.5. The average Bonchev–Trinajstić information content (AvgIpc) is 2.65. The van der Waals surface area contributed by atoms with Gasteiger partial charge in [-0.2, -0.15) is 5.26 Å². The lowest BCUT2D eigenvalue weighted by atomic mass is 10.0. The molecule has 1 aromatic carbocycles. The van der Waals surface area contributed by atoms with E-state index >= 15 is 0 Å². The van der Waals surface area contributed by atoms with Crippen molar-refractivity contribution in [1.29, 1.82) is 5.26 Å². The Balaban J connectivity index is 1.75. The van der Waals surface area contributed by atoms with Gasteiger partial charge in [0.2, 0.25) is 0 Å². The molecule has 1 aliphatic rings. The van der Waals surface area contributed by atoms with E-state index in [1.54, 1.807) is 6.07 Å². The number of piperidine rings is 1. The van der Waals surface area contributed by atoms with Gasteiger partial charge in [0.25, 0.3) is 0 Å². The first-order chi connectivity index (χ1) is 12.1. The highest BCUT2D eigenvalue weighted by Crippen LogP contribution is 2.27. The van der Waals surface area contributed by atoms with Crippen LogP contribution in [-0.4, -0.2) is 54.3 Å². The van der Waals surface area contributed by atoms with E-state index in [9.17, 15) is 5.26 Å². The topological polar surface area (TPSA) is 63.4 Å². The number of rotatable bonds is 5. The molecule has 1 fully saturated rings. The van der Waals surface area contributed by atoms with Gasteiger partial charge in [-0.25, -0.2) is 4.98 Å². The van der Waals surface area contributed by atoms with Crippen molar-refractivity contribution in [3.63, 3.8) is 0 Å². The van der Waals surface area contributed by atoms with E-state index in [0.29, 0.717) is 16.6 Å². The van der Waals surface area contributed by atoms with Crippen molar-refractivity contribution in [2.45, 2.75) is 25.3 Å². The first-order valence-corrected chi connectivity index (χ1v) is 9.06. The molecule has 0 spiro atoms. The SMILES string of the molecule is CN(CCCO)C1CCN(c2cc(C#N)c3cc(Cl)ccc3n2)CC1. The van der Waals surface area contributed by atoms with Gasteiger partial charge in [0.05, 0.1) is 17.1 Å². The Bertz CT molecular complexity index is 781. The molecule has 2 aromatic rings. The van der Waals surface area contributed by atoms with E-state index in [-0.39, 0.29) is 6.61 Å². The van der Waals surface area contributed by atoms with Crippen molar-refractivity contribution in [1.82, 2.24) is 9.88 Å². The van der Waals surface area contributed by atoms with Gasteiger partial charge in [0.1, 0.15) is 5.82 Å². The van der Waals surface area contributed by atoms with E-state index in [1.807, 2.05) is 18.2 Å². The molecule has 0 amide bonds. The van der Waals surface area contributed by atoms with E-state index in [2.05, 4.69) is 22.9 Å². The van der Waals surface area contributed by atoms with Gasteiger partial charge in [0.15, 0.2) is 0 Å². The van der Waals surface area contributed by atoms with Gasteiger partial charge >= 0.3 is 0 Å². The van der Waals surface area contributed by atoms with Crippen molar-refractivity contribution in [2.75, 3.05) is 38.2 Å². The second kappa shape index (κ2) is 8.01. The highest BCUT2D eigenvalue weighted by molar-refractivity contribution is 6.31. The summed E-state index contributed by atoms with van der Waals surface area (Å²) in [6.07, 6.45) is 2.94. The summed E-state index contributed by atoms with van der Waals surface area (Å²) in [5.41, 5.74) is 1.42. The molecule has 0 atom stereocenters. The molecule has 0 unspecified atom stereocenters. The van der Waals surface area contributed by atoms with Crippen LogP contribution >= 0.6 is 11.6 Å². The smallest absolute Gasteiger partial charge is 0.130 e. The first-order valence-electron chi connectivity index (χ1n) is 8.69. The van der Waals surface area contributed by atoms with E-state index in [4.69, 9.17) is 21.7 Å². The summed E-state index contributed by atoms with van der Waals surface area (Å²) >= 11 is 6.05. The van der Waals surface area contributed by atoms with Crippen LogP contribution in [0.2, 0.25) is 5.02 Å². The number of hydrogen-bond acceptors (Lipinski definition) is 5. The van der Waals surface area contributed by atoms with Crippen molar-refractivity contribution in [2.24, 2.45) is 0 Å². The molecule has 1 aromatic heterocycles. The lowest BCUT2D eigenvalue weighted by Crippen LogP contribution is -2.44. The largest absolute Gasteiger partial charge is 0.396 e. The summed E-state index contributed by atoms with van der Waals surface area (Å²) in [4.78, 5) is 9.33. The normalized spacial score (nSPS) is 15.7. The second-order valence-electron chi connectivity index (χ2n) is 6.58. The summed E-state index contributed by atoms with van der Waals surface area (Å²) in [6, 6.07) is 10.2. The van der Waals surface area contributed by atoms with Crippen molar-refractivity contribution in [3.8, 4) is 6.07 Å². The Morgan fingerprint density at radius 2 is 2.12 bits per heavy atom.